The summed E-state index contributed by atoms with van der Waals surface area (Å²) in [6.45, 7) is 2.13. The van der Waals surface area contributed by atoms with E-state index in [1.165, 1.54) is 7.11 Å². The minimum absolute atomic E-state index is 0.0408. The number of carbonyl (C=O) groups excluding carboxylic acids is 1. The molecule has 0 aromatic heterocycles. The van der Waals surface area contributed by atoms with E-state index in [0.717, 1.165) is 38.5 Å². The van der Waals surface area contributed by atoms with E-state index in [-0.39, 0.29) is 17.8 Å². The first-order valence-corrected chi connectivity index (χ1v) is 9.93. The molecule has 5 nitrogen and oxygen atoms in total. The maximum Gasteiger partial charge on any atom is 0.305 e. The molecule has 3 N–H and O–H groups in total. The van der Waals surface area contributed by atoms with Gasteiger partial charge < -0.3 is 20.1 Å². The van der Waals surface area contributed by atoms with Crippen LogP contribution in [0.25, 0.3) is 0 Å². The Morgan fingerprint density at radius 2 is 1.96 bits per heavy atom. The number of unbranched alkanes of at least 4 members (excludes halogenated alkanes) is 3. The molecule has 26 heavy (non-hydrogen) atoms. The van der Waals surface area contributed by atoms with Gasteiger partial charge in [-0.3, -0.25) is 4.79 Å². The average molecular weight is 369 g/mol. The fraction of sp³-hybridized carbons (Fsp3) is 0.762. The van der Waals surface area contributed by atoms with Crippen molar-refractivity contribution in [1.82, 2.24) is 0 Å². The topological polar surface area (TPSA) is 87.0 Å². The van der Waals surface area contributed by atoms with Gasteiger partial charge in [0.05, 0.1) is 25.4 Å². The van der Waals surface area contributed by atoms with Gasteiger partial charge in [-0.2, -0.15) is 0 Å². The summed E-state index contributed by atoms with van der Waals surface area (Å²) < 4.78 is 4.60. The zero-order valence-corrected chi connectivity index (χ0v) is 16.2. The predicted octanol–water partition coefficient (Wildman–Crippen LogP) is 3.13. The summed E-state index contributed by atoms with van der Waals surface area (Å²) in [7, 11) is 1.39. The van der Waals surface area contributed by atoms with Crippen LogP contribution in [0.3, 0.4) is 0 Å². The van der Waals surface area contributed by atoms with Crippen LogP contribution in [0, 0.1) is 11.8 Å². The second-order valence-electron chi connectivity index (χ2n) is 7.24. The van der Waals surface area contributed by atoms with Crippen molar-refractivity contribution in [1.29, 1.82) is 0 Å². The lowest BCUT2D eigenvalue weighted by atomic mass is 9.89. The van der Waals surface area contributed by atoms with Gasteiger partial charge in [0.15, 0.2) is 0 Å². The van der Waals surface area contributed by atoms with Gasteiger partial charge in [0.25, 0.3) is 0 Å². The van der Waals surface area contributed by atoms with Gasteiger partial charge in [-0.05, 0) is 31.6 Å². The van der Waals surface area contributed by atoms with Crippen LogP contribution in [-0.2, 0) is 9.53 Å². The molecule has 5 atom stereocenters. The van der Waals surface area contributed by atoms with Gasteiger partial charge in [0, 0.05) is 18.8 Å². The molecule has 5 heteroatoms. The third-order valence-electron chi connectivity index (χ3n) is 5.13. The Kier molecular flexibility index (Phi) is 11.5. The van der Waals surface area contributed by atoms with Gasteiger partial charge in [0.2, 0.25) is 0 Å². The molecule has 0 radical (unpaired) electrons. The molecule has 1 saturated carbocycles. The van der Waals surface area contributed by atoms with Crippen molar-refractivity contribution >= 4 is 5.97 Å². The maximum atomic E-state index is 11.1. The van der Waals surface area contributed by atoms with Crippen molar-refractivity contribution in [3.63, 3.8) is 0 Å². The molecule has 1 fully saturated rings. The highest BCUT2D eigenvalue weighted by atomic mass is 16.5. The number of aliphatic hydroxyl groups is 3. The number of hydrogen-bond acceptors (Lipinski definition) is 5. The van der Waals surface area contributed by atoms with Gasteiger partial charge in [-0.15, -0.1) is 0 Å². The summed E-state index contributed by atoms with van der Waals surface area (Å²) in [5.74, 6) is -0.373. The molecule has 0 aromatic rings. The monoisotopic (exact) mass is 368 g/mol. The number of aliphatic hydroxyl groups excluding tert-OH is 3. The SMILES string of the molecule is CCCCC[C@H](O)/C=C/C1[C@H](O)C[C@H](O)[C@@H]1C/C=C\CCCC(=O)OC. The number of ether oxygens (including phenoxy) is 1. The molecule has 0 bridgehead atoms. The first kappa shape index (κ1) is 22.9. The normalized spacial score (nSPS) is 27.4. The third-order valence-corrected chi connectivity index (χ3v) is 5.13. The lowest BCUT2D eigenvalue weighted by Crippen LogP contribution is -2.20. The number of rotatable bonds is 12. The van der Waals surface area contributed by atoms with Crippen LogP contribution in [-0.4, -0.2) is 46.7 Å². The van der Waals surface area contributed by atoms with Crippen LogP contribution in [0.4, 0.5) is 0 Å². The number of esters is 1. The molecule has 150 valence electrons. The molecular weight excluding hydrogens is 332 g/mol. The summed E-state index contributed by atoms with van der Waals surface area (Å²) in [6, 6.07) is 0. The van der Waals surface area contributed by atoms with Crippen LogP contribution < -0.4 is 0 Å². The van der Waals surface area contributed by atoms with Gasteiger partial charge >= 0.3 is 5.97 Å². The minimum Gasteiger partial charge on any atom is -0.469 e. The standard InChI is InChI=1S/C21H36O5/c1-3-4-7-10-16(22)13-14-18-17(19(23)15-20(18)24)11-8-5-6-9-12-21(25)26-2/h5,8,13-14,16-20,22-24H,3-4,6-7,9-12,15H2,1-2H3/b8-5-,14-13+/t16-,17+,18?,19-,20+/m0/s1. The van der Waals surface area contributed by atoms with Crippen molar-refractivity contribution in [3.8, 4) is 0 Å². The highest BCUT2D eigenvalue weighted by Gasteiger charge is 2.39. The maximum absolute atomic E-state index is 11.1. The van der Waals surface area contributed by atoms with Crippen molar-refractivity contribution in [2.45, 2.75) is 83.0 Å². The van der Waals surface area contributed by atoms with E-state index in [1.807, 2.05) is 18.2 Å². The van der Waals surface area contributed by atoms with E-state index < -0.39 is 18.3 Å². The Morgan fingerprint density at radius 3 is 2.65 bits per heavy atom. The molecule has 1 aliphatic carbocycles. The Hall–Kier alpha value is -1.17. The van der Waals surface area contributed by atoms with Gasteiger partial charge in [0.1, 0.15) is 0 Å². The molecule has 1 unspecified atom stereocenters. The molecule has 1 rings (SSSR count). The molecule has 0 aromatic carbocycles. The Labute approximate surface area is 157 Å². The van der Waals surface area contributed by atoms with E-state index in [9.17, 15) is 20.1 Å². The first-order chi connectivity index (χ1) is 12.5. The zero-order valence-electron chi connectivity index (χ0n) is 16.2. The Bertz CT molecular complexity index is 446. The van der Waals surface area contributed by atoms with E-state index in [4.69, 9.17) is 0 Å². The smallest absolute Gasteiger partial charge is 0.305 e. The first-order valence-electron chi connectivity index (χ1n) is 9.93. The van der Waals surface area contributed by atoms with E-state index in [0.29, 0.717) is 19.3 Å². The largest absolute Gasteiger partial charge is 0.469 e. The summed E-state index contributed by atoms with van der Waals surface area (Å²) in [5.41, 5.74) is 0. The van der Waals surface area contributed by atoms with Gasteiger partial charge in [-0.1, -0.05) is 50.5 Å². The molecule has 0 amide bonds. The molecule has 1 aliphatic rings. The lowest BCUT2D eigenvalue weighted by molar-refractivity contribution is -0.140. The summed E-state index contributed by atoms with van der Waals surface area (Å²) in [5, 5.41) is 30.5. The van der Waals surface area contributed by atoms with Crippen molar-refractivity contribution in [2.24, 2.45) is 11.8 Å². The Balaban J connectivity index is 2.44. The van der Waals surface area contributed by atoms with Crippen LogP contribution in [0.2, 0.25) is 0 Å². The molecule has 0 heterocycles. The van der Waals surface area contributed by atoms with Crippen LogP contribution in [0.15, 0.2) is 24.3 Å². The summed E-state index contributed by atoms with van der Waals surface area (Å²) in [6.07, 6.45) is 13.1. The van der Waals surface area contributed by atoms with E-state index in [1.54, 1.807) is 6.08 Å². The van der Waals surface area contributed by atoms with Crippen molar-refractivity contribution in [2.75, 3.05) is 7.11 Å². The molecule has 0 spiro atoms. The number of allylic oxidation sites excluding steroid dienone is 2. The molecule has 0 aliphatic heterocycles. The van der Waals surface area contributed by atoms with E-state index in [2.05, 4.69) is 11.7 Å². The number of carbonyl (C=O) groups is 1. The number of methoxy groups -OCH3 is 1. The van der Waals surface area contributed by atoms with Crippen molar-refractivity contribution < 1.29 is 24.9 Å². The quantitative estimate of drug-likeness (QED) is 0.280. The summed E-state index contributed by atoms with van der Waals surface area (Å²) >= 11 is 0. The fourth-order valence-electron chi connectivity index (χ4n) is 3.50. The number of hydrogen-bond donors (Lipinski definition) is 3. The van der Waals surface area contributed by atoms with Crippen molar-refractivity contribution in [3.05, 3.63) is 24.3 Å². The predicted molar refractivity (Wildman–Crippen MR) is 103 cm³/mol. The third kappa shape index (κ3) is 8.47. The second kappa shape index (κ2) is 13.1. The van der Waals surface area contributed by atoms with Gasteiger partial charge in [-0.25, -0.2) is 0 Å². The molecule has 0 saturated heterocycles. The van der Waals surface area contributed by atoms with Crippen LogP contribution in [0.1, 0.15) is 64.7 Å². The van der Waals surface area contributed by atoms with E-state index >= 15 is 0 Å². The van der Waals surface area contributed by atoms with Crippen LogP contribution >= 0.6 is 0 Å². The lowest BCUT2D eigenvalue weighted by Gasteiger charge is -2.19. The summed E-state index contributed by atoms with van der Waals surface area (Å²) in [4.78, 5) is 11.1. The Morgan fingerprint density at radius 1 is 1.19 bits per heavy atom. The highest BCUT2D eigenvalue weighted by molar-refractivity contribution is 5.69. The zero-order chi connectivity index (χ0) is 19.4. The second-order valence-corrected chi connectivity index (χ2v) is 7.24. The minimum atomic E-state index is -0.568. The highest BCUT2D eigenvalue weighted by Crippen LogP contribution is 2.36. The molecular formula is C21H36O5. The average Bonchev–Trinajstić information content (AvgIpc) is 2.89. The fourth-order valence-corrected chi connectivity index (χ4v) is 3.50. The van der Waals surface area contributed by atoms with Crippen LogP contribution in [0.5, 0.6) is 0 Å².